The summed E-state index contributed by atoms with van der Waals surface area (Å²) in [5, 5.41) is 0.588. The highest BCUT2D eigenvalue weighted by molar-refractivity contribution is 6.29. The van der Waals surface area contributed by atoms with Gasteiger partial charge in [-0.1, -0.05) is 37.4 Å². The van der Waals surface area contributed by atoms with Gasteiger partial charge in [-0.3, -0.25) is 4.90 Å². The second-order valence-electron chi connectivity index (χ2n) is 4.82. The highest BCUT2D eigenvalue weighted by atomic mass is 35.5. The number of aromatic nitrogens is 1. The molecule has 0 radical (unpaired) electrons. The smallest absolute Gasteiger partial charge is 0.129 e. The van der Waals surface area contributed by atoms with Crippen molar-refractivity contribution in [3.05, 3.63) is 29.0 Å². The van der Waals surface area contributed by atoms with Gasteiger partial charge in [0.15, 0.2) is 0 Å². The second-order valence-corrected chi connectivity index (χ2v) is 5.20. The van der Waals surface area contributed by atoms with E-state index in [0.29, 0.717) is 11.2 Å². The van der Waals surface area contributed by atoms with E-state index in [1.165, 1.54) is 50.8 Å². The molecule has 3 heteroatoms. The van der Waals surface area contributed by atoms with Crippen LogP contribution in [0.5, 0.6) is 0 Å². The van der Waals surface area contributed by atoms with E-state index >= 15 is 0 Å². The number of unbranched alkanes of at least 4 members (excludes halogenated alkanes) is 1. The Morgan fingerprint density at radius 1 is 1.41 bits per heavy atom. The number of nitrogens with zero attached hydrogens (tertiary/aromatic N) is 2. The van der Waals surface area contributed by atoms with Crippen molar-refractivity contribution in [2.24, 2.45) is 0 Å². The van der Waals surface area contributed by atoms with Gasteiger partial charge in [0.1, 0.15) is 5.15 Å². The average molecular weight is 253 g/mol. The molecule has 0 N–H and O–H groups in total. The molecule has 0 saturated carbocycles. The number of hydrogen-bond donors (Lipinski definition) is 0. The molecule has 2 heterocycles. The highest BCUT2D eigenvalue weighted by Gasteiger charge is 2.23. The third-order valence-corrected chi connectivity index (χ3v) is 3.77. The van der Waals surface area contributed by atoms with Gasteiger partial charge in [-0.05, 0) is 44.0 Å². The van der Waals surface area contributed by atoms with Crippen molar-refractivity contribution in [2.75, 3.05) is 13.1 Å². The topological polar surface area (TPSA) is 16.1 Å². The van der Waals surface area contributed by atoms with Gasteiger partial charge in [-0.2, -0.15) is 0 Å². The van der Waals surface area contributed by atoms with Gasteiger partial charge in [0, 0.05) is 12.2 Å². The van der Waals surface area contributed by atoms with Crippen molar-refractivity contribution in [1.29, 1.82) is 0 Å². The lowest BCUT2D eigenvalue weighted by molar-refractivity contribution is 0.146. The number of halogens is 1. The van der Waals surface area contributed by atoms with E-state index in [1.807, 2.05) is 12.3 Å². The molecule has 1 atom stereocenters. The minimum atomic E-state index is 0.556. The normalized spacial score (nSPS) is 21.6. The molecular weight excluding hydrogens is 232 g/mol. The zero-order valence-electron chi connectivity index (χ0n) is 10.5. The van der Waals surface area contributed by atoms with Crippen molar-refractivity contribution >= 4 is 11.6 Å². The summed E-state index contributed by atoms with van der Waals surface area (Å²) in [6, 6.07) is 4.59. The summed E-state index contributed by atoms with van der Waals surface area (Å²) >= 11 is 5.85. The van der Waals surface area contributed by atoms with Gasteiger partial charge in [0.2, 0.25) is 0 Å². The first kappa shape index (κ1) is 12.8. The number of rotatable bonds is 4. The molecule has 1 aliphatic heterocycles. The predicted molar refractivity (Wildman–Crippen MR) is 72.3 cm³/mol. The molecule has 0 aliphatic carbocycles. The Labute approximate surface area is 109 Å². The summed E-state index contributed by atoms with van der Waals surface area (Å²) < 4.78 is 0. The summed E-state index contributed by atoms with van der Waals surface area (Å²) in [5.74, 6) is 0. The van der Waals surface area contributed by atoms with Crippen molar-refractivity contribution in [3.8, 4) is 0 Å². The van der Waals surface area contributed by atoms with Crippen molar-refractivity contribution in [3.63, 3.8) is 0 Å². The first-order valence-electron chi connectivity index (χ1n) is 6.66. The lowest BCUT2D eigenvalue weighted by Gasteiger charge is -2.35. The van der Waals surface area contributed by atoms with E-state index in [-0.39, 0.29) is 0 Å². The SMILES string of the molecule is CCCCN1CCCC[C@@H]1c1ccc(Cl)nc1. The molecule has 0 unspecified atom stereocenters. The van der Waals surface area contributed by atoms with Gasteiger partial charge in [-0.15, -0.1) is 0 Å². The lowest BCUT2D eigenvalue weighted by Crippen LogP contribution is -2.34. The van der Waals surface area contributed by atoms with Crippen LogP contribution in [-0.4, -0.2) is 23.0 Å². The van der Waals surface area contributed by atoms with Crippen LogP contribution in [0.1, 0.15) is 50.6 Å². The van der Waals surface area contributed by atoms with Crippen molar-refractivity contribution < 1.29 is 0 Å². The Hall–Kier alpha value is -0.600. The maximum absolute atomic E-state index is 5.85. The standard InChI is InChI=1S/C14H21ClN2/c1-2-3-9-17-10-5-4-6-13(17)12-7-8-14(15)16-11-12/h7-8,11,13H,2-6,9-10H2,1H3/t13-/m1/s1. The van der Waals surface area contributed by atoms with E-state index in [4.69, 9.17) is 11.6 Å². The number of hydrogen-bond acceptors (Lipinski definition) is 2. The van der Waals surface area contributed by atoms with Crippen LogP contribution in [0.15, 0.2) is 18.3 Å². The first-order chi connectivity index (χ1) is 8.31. The van der Waals surface area contributed by atoms with Crippen LogP contribution in [0, 0.1) is 0 Å². The maximum atomic E-state index is 5.85. The molecule has 1 saturated heterocycles. The van der Waals surface area contributed by atoms with E-state index in [1.54, 1.807) is 0 Å². The number of likely N-dealkylation sites (tertiary alicyclic amines) is 1. The fourth-order valence-electron chi connectivity index (χ4n) is 2.58. The average Bonchev–Trinajstić information content (AvgIpc) is 2.38. The monoisotopic (exact) mass is 252 g/mol. The van der Waals surface area contributed by atoms with E-state index in [0.717, 1.165) is 0 Å². The molecule has 1 aromatic rings. The van der Waals surface area contributed by atoms with Gasteiger partial charge >= 0.3 is 0 Å². The fraction of sp³-hybridized carbons (Fsp3) is 0.643. The summed E-state index contributed by atoms with van der Waals surface area (Å²) in [7, 11) is 0. The second kappa shape index (κ2) is 6.36. The largest absolute Gasteiger partial charge is 0.296 e. The molecule has 0 amide bonds. The Morgan fingerprint density at radius 3 is 3.00 bits per heavy atom. The van der Waals surface area contributed by atoms with E-state index in [2.05, 4.69) is 22.9 Å². The zero-order chi connectivity index (χ0) is 12.1. The van der Waals surface area contributed by atoms with Crippen LogP contribution in [0.2, 0.25) is 5.15 Å². The maximum Gasteiger partial charge on any atom is 0.129 e. The minimum Gasteiger partial charge on any atom is -0.296 e. The van der Waals surface area contributed by atoms with E-state index < -0.39 is 0 Å². The van der Waals surface area contributed by atoms with E-state index in [9.17, 15) is 0 Å². The van der Waals surface area contributed by atoms with Gasteiger partial charge in [0.05, 0.1) is 0 Å². The van der Waals surface area contributed by atoms with Gasteiger partial charge in [-0.25, -0.2) is 4.98 Å². The molecule has 0 spiro atoms. The van der Waals surface area contributed by atoms with Crippen LogP contribution in [0.25, 0.3) is 0 Å². The quantitative estimate of drug-likeness (QED) is 0.752. The van der Waals surface area contributed by atoms with Crippen molar-refractivity contribution in [2.45, 2.75) is 45.1 Å². The highest BCUT2D eigenvalue weighted by Crippen LogP contribution is 2.30. The van der Waals surface area contributed by atoms with Crippen LogP contribution in [0.3, 0.4) is 0 Å². The van der Waals surface area contributed by atoms with Crippen LogP contribution in [0.4, 0.5) is 0 Å². The molecule has 2 nitrogen and oxygen atoms in total. The summed E-state index contributed by atoms with van der Waals surface area (Å²) in [6.07, 6.45) is 8.42. The third kappa shape index (κ3) is 3.43. The summed E-state index contributed by atoms with van der Waals surface area (Å²) in [6.45, 7) is 4.69. The number of piperidine rings is 1. The molecule has 0 bridgehead atoms. The zero-order valence-corrected chi connectivity index (χ0v) is 11.3. The molecule has 2 rings (SSSR count). The lowest BCUT2D eigenvalue weighted by atomic mass is 9.96. The summed E-state index contributed by atoms with van der Waals surface area (Å²) in [5.41, 5.74) is 1.32. The summed E-state index contributed by atoms with van der Waals surface area (Å²) in [4.78, 5) is 6.82. The Kier molecular flexibility index (Phi) is 4.81. The van der Waals surface area contributed by atoms with Crippen molar-refractivity contribution in [1.82, 2.24) is 9.88 Å². The van der Waals surface area contributed by atoms with Crippen LogP contribution in [-0.2, 0) is 0 Å². The first-order valence-corrected chi connectivity index (χ1v) is 7.04. The van der Waals surface area contributed by atoms with Gasteiger partial charge in [0.25, 0.3) is 0 Å². The predicted octanol–water partition coefficient (Wildman–Crippen LogP) is 4.06. The van der Waals surface area contributed by atoms with Crippen LogP contribution < -0.4 is 0 Å². The Balaban J connectivity index is 2.07. The Bertz CT molecular complexity index is 337. The molecular formula is C14H21ClN2. The molecule has 17 heavy (non-hydrogen) atoms. The molecule has 1 fully saturated rings. The fourth-order valence-corrected chi connectivity index (χ4v) is 2.69. The van der Waals surface area contributed by atoms with Crippen LogP contribution >= 0.6 is 11.6 Å². The molecule has 1 aromatic heterocycles. The van der Waals surface area contributed by atoms with Gasteiger partial charge < -0.3 is 0 Å². The Morgan fingerprint density at radius 2 is 2.29 bits per heavy atom. The molecule has 0 aromatic carbocycles. The molecule has 94 valence electrons. The third-order valence-electron chi connectivity index (χ3n) is 3.55. The minimum absolute atomic E-state index is 0.556. The number of pyridine rings is 1. The molecule has 1 aliphatic rings.